The van der Waals surface area contributed by atoms with E-state index in [0.717, 1.165) is 22.0 Å². The van der Waals surface area contributed by atoms with Crippen molar-refractivity contribution in [3.05, 3.63) is 76.9 Å². The molecular weight excluding hydrogens is 459 g/mol. The van der Waals surface area contributed by atoms with E-state index >= 15 is 0 Å². The van der Waals surface area contributed by atoms with Crippen LogP contribution in [0.15, 0.2) is 48.8 Å². The fraction of sp³-hybridized carbons (Fsp3) is 0.185. The maximum Gasteiger partial charge on any atom is 0.335 e. The van der Waals surface area contributed by atoms with Gasteiger partial charge in [-0.3, -0.25) is 0 Å². The molecule has 8 nitrogen and oxygen atoms in total. The Bertz CT molecular complexity index is 1710. The van der Waals surface area contributed by atoms with Crippen molar-refractivity contribution in [3.8, 4) is 17.3 Å². The SMILES string of the molecule is CCc1cc(Cn2c(-c3cc(F)cc(C#N)c3)cc3c4c(ncn4C)c(NC)nc32)ccc1C(=O)O. The number of aromatic nitrogens is 4. The van der Waals surface area contributed by atoms with Gasteiger partial charge in [0.1, 0.15) is 17.0 Å². The number of halogens is 1. The number of nitrogens with zero attached hydrogens (tertiary/aromatic N) is 5. The second kappa shape index (κ2) is 8.82. The summed E-state index contributed by atoms with van der Waals surface area (Å²) in [6.45, 7) is 2.28. The second-order valence-electron chi connectivity index (χ2n) is 8.61. The maximum absolute atomic E-state index is 14.5. The predicted octanol–water partition coefficient (Wildman–Crippen LogP) is 4.95. The summed E-state index contributed by atoms with van der Waals surface area (Å²) in [6, 6.07) is 13.5. The quantitative estimate of drug-likeness (QED) is 0.354. The van der Waals surface area contributed by atoms with Crippen LogP contribution in [0.2, 0.25) is 0 Å². The van der Waals surface area contributed by atoms with Gasteiger partial charge in [-0.1, -0.05) is 19.1 Å². The molecule has 0 bridgehead atoms. The number of nitriles is 1. The lowest BCUT2D eigenvalue weighted by atomic mass is 10.0. The Morgan fingerprint density at radius 2 is 2.03 bits per heavy atom. The first-order valence-electron chi connectivity index (χ1n) is 11.4. The summed E-state index contributed by atoms with van der Waals surface area (Å²) in [7, 11) is 3.68. The van der Waals surface area contributed by atoms with Gasteiger partial charge in [0.15, 0.2) is 5.82 Å². The number of carboxylic acids is 1. The van der Waals surface area contributed by atoms with Gasteiger partial charge >= 0.3 is 5.97 Å². The molecule has 2 N–H and O–H groups in total. The number of anilines is 1. The summed E-state index contributed by atoms with van der Waals surface area (Å²) in [5.41, 5.74) is 5.58. The van der Waals surface area contributed by atoms with E-state index in [1.54, 1.807) is 31.6 Å². The van der Waals surface area contributed by atoms with Crippen LogP contribution in [0, 0.1) is 17.1 Å². The van der Waals surface area contributed by atoms with E-state index in [4.69, 9.17) is 4.98 Å². The highest BCUT2D eigenvalue weighted by atomic mass is 19.1. The number of aryl methyl sites for hydroxylation is 2. The van der Waals surface area contributed by atoms with E-state index in [2.05, 4.69) is 10.3 Å². The number of benzene rings is 2. The smallest absolute Gasteiger partial charge is 0.335 e. The molecule has 0 amide bonds. The fourth-order valence-corrected chi connectivity index (χ4v) is 4.72. The molecule has 0 unspecified atom stereocenters. The summed E-state index contributed by atoms with van der Waals surface area (Å²) in [6.07, 6.45) is 2.29. The minimum atomic E-state index is -0.965. The lowest BCUT2D eigenvalue weighted by Crippen LogP contribution is -2.07. The van der Waals surface area contributed by atoms with E-state index < -0.39 is 11.8 Å². The summed E-state index contributed by atoms with van der Waals surface area (Å²) >= 11 is 0. The first-order chi connectivity index (χ1) is 17.3. The molecule has 0 fully saturated rings. The van der Waals surface area contributed by atoms with Crippen LogP contribution in [0.4, 0.5) is 10.2 Å². The van der Waals surface area contributed by atoms with E-state index in [1.807, 2.05) is 41.3 Å². The second-order valence-corrected chi connectivity index (χ2v) is 8.61. The van der Waals surface area contributed by atoms with Crippen molar-refractivity contribution >= 4 is 33.9 Å². The van der Waals surface area contributed by atoms with Crippen LogP contribution in [-0.4, -0.2) is 37.2 Å². The number of hydrogen-bond acceptors (Lipinski definition) is 5. The molecule has 2 aromatic carbocycles. The number of carbonyl (C=O) groups is 1. The first kappa shape index (κ1) is 23.1. The molecule has 36 heavy (non-hydrogen) atoms. The Morgan fingerprint density at radius 1 is 1.22 bits per heavy atom. The highest BCUT2D eigenvalue weighted by Gasteiger charge is 2.21. The average molecular weight is 483 g/mol. The van der Waals surface area contributed by atoms with Gasteiger partial charge < -0.3 is 19.6 Å². The molecule has 0 saturated heterocycles. The van der Waals surface area contributed by atoms with Crippen LogP contribution in [0.1, 0.15) is 34.0 Å². The van der Waals surface area contributed by atoms with Crippen LogP contribution < -0.4 is 5.32 Å². The molecule has 5 aromatic rings. The van der Waals surface area contributed by atoms with Crippen molar-refractivity contribution in [2.45, 2.75) is 19.9 Å². The molecular formula is C27H23FN6O2. The van der Waals surface area contributed by atoms with Crippen LogP contribution in [0.3, 0.4) is 0 Å². The van der Waals surface area contributed by atoms with Crippen molar-refractivity contribution < 1.29 is 14.3 Å². The lowest BCUT2D eigenvalue weighted by molar-refractivity contribution is 0.0695. The van der Waals surface area contributed by atoms with Gasteiger partial charge in [-0.15, -0.1) is 0 Å². The lowest BCUT2D eigenvalue weighted by Gasteiger charge is -2.14. The van der Waals surface area contributed by atoms with Crippen molar-refractivity contribution in [1.29, 1.82) is 5.26 Å². The van der Waals surface area contributed by atoms with Gasteiger partial charge in [0.25, 0.3) is 0 Å². The molecule has 0 radical (unpaired) electrons. The molecule has 9 heteroatoms. The molecule has 0 atom stereocenters. The third-order valence-corrected chi connectivity index (χ3v) is 6.38. The van der Waals surface area contributed by atoms with Gasteiger partial charge in [-0.05, 0) is 47.9 Å². The average Bonchev–Trinajstić information content (AvgIpc) is 3.43. The zero-order valence-electron chi connectivity index (χ0n) is 20.0. The zero-order valence-corrected chi connectivity index (χ0v) is 20.0. The maximum atomic E-state index is 14.5. The minimum Gasteiger partial charge on any atom is -0.478 e. The summed E-state index contributed by atoms with van der Waals surface area (Å²) < 4.78 is 18.3. The Hall–Kier alpha value is -4.71. The standard InChI is InChI=1S/C27H23FN6O2/c1-4-17-7-15(5-6-20(17)27(35)36)13-34-22(18-8-16(12-29)9-19(28)10-18)11-21-24-23(31-14-33(24)3)25(30-2)32-26(21)34/h5-11,14H,4,13H2,1-3H3,(H,30,32)(H,35,36). The molecule has 0 saturated carbocycles. The summed E-state index contributed by atoms with van der Waals surface area (Å²) in [4.78, 5) is 21.0. The number of carboxylic acid groups (broad SMARTS) is 1. The predicted molar refractivity (Wildman–Crippen MR) is 136 cm³/mol. The Morgan fingerprint density at radius 3 is 2.72 bits per heavy atom. The third-order valence-electron chi connectivity index (χ3n) is 6.38. The molecule has 180 valence electrons. The number of fused-ring (bicyclic) bond motifs is 3. The monoisotopic (exact) mass is 482 g/mol. The van der Waals surface area contributed by atoms with E-state index in [-0.39, 0.29) is 11.1 Å². The van der Waals surface area contributed by atoms with Crippen molar-refractivity contribution in [3.63, 3.8) is 0 Å². The van der Waals surface area contributed by atoms with Crippen LogP contribution in [0.5, 0.6) is 0 Å². The molecule has 0 aliphatic rings. The number of pyridine rings is 1. The number of nitrogens with one attached hydrogen (secondary N) is 1. The molecule has 0 aliphatic carbocycles. The molecule has 5 rings (SSSR count). The van der Waals surface area contributed by atoms with Gasteiger partial charge in [0.05, 0.1) is 34.7 Å². The molecule has 0 aliphatic heterocycles. The van der Waals surface area contributed by atoms with E-state index in [9.17, 15) is 19.6 Å². The van der Waals surface area contributed by atoms with Crippen molar-refractivity contribution in [2.75, 3.05) is 12.4 Å². The van der Waals surface area contributed by atoms with Gasteiger partial charge in [0.2, 0.25) is 0 Å². The van der Waals surface area contributed by atoms with E-state index in [1.165, 1.54) is 12.1 Å². The van der Waals surface area contributed by atoms with Gasteiger partial charge in [-0.25, -0.2) is 19.2 Å². The van der Waals surface area contributed by atoms with Crippen LogP contribution in [-0.2, 0) is 20.0 Å². The van der Waals surface area contributed by atoms with Crippen LogP contribution in [0.25, 0.3) is 33.3 Å². The number of aromatic carboxylic acids is 1. The normalized spacial score (nSPS) is 11.2. The Balaban J connectivity index is 1.81. The van der Waals surface area contributed by atoms with Gasteiger partial charge in [0, 0.05) is 31.6 Å². The molecule has 0 spiro atoms. The summed E-state index contributed by atoms with van der Waals surface area (Å²) in [5, 5.41) is 22.9. The first-order valence-corrected chi connectivity index (χ1v) is 11.4. The minimum absolute atomic E-state index is 0.218. The highest BCUT2D eigenvalue weighted by Crippen LogP contribution is 2.35. The molecule has 3 heterocycles. The zero-order chi connectivity index (χ0) is 25.6. The third kappa shape index (κ3) is 3.73. The topological polar surface area (TPSA) is 109 Å². The molecule has 3 aromatic heterocycles. The van der Waals surface area contributed by atoms with E-state index in [0.29, 0.717) is 41.2 Å². The van der Waals surface area contributed by atoms with Crippen molar-refractivity contribution in [1.82, 2.24) is 19.1 Å². The van der Waals surface area contributed by atoms with Gasteiger partial charge in [-0.2, -0.15) is 5.26 Å². The highest BCUT2D eigenvalue weighted by molar-refractivity contribution is 6.08. The fourth-order valence-electron chi connectivity index (χ4n) is 4.72. The number of hydrogen-bond donors (Lipinski definition) is 2. The van der Waals surface area contributed by atoms with Crippen molar-refractivity contribution in [2.24, 2.45) is 7.05 Å². The number of rotatable bonds is 6. The Kier molecular flexibility index (Phi) is 5.65. The number of imidazole rings is 1. The van der Waals surface area contributed by atoms with Crippen LogP contribution >= 0.6 is 0 Å². The Labute approximate surface area is 206 Å². The summed E-state index contributed by atoms with van der Waals surface area (Å²) in [5.74, 6) is -0.862. The largest absolute Gasteiger partial charge is 0.478 e.